The molecule has 0 atom stereocenters. The second-order valence-corrected chi connectivity index (χ2v) is 11.6. The van der Waals surface area contributed by atoms with Crippen molar-refractivity contribution in [1.29, 1.82) is 0 Å². The Morgan fingerprint density at radius 2 is 1.54 bits per heavy atom. The number of carbonyl (C=O) groups excluding carboxylic acids is 1. The Labute approximate surface area is 219 Å². The fourth-order valence-electron chi connectivity index (χ4n) is 4.05. The summed E-state index contributed by atoms with van der Waals surface area (Å²) in [6.07, 6.45) is 9.43. The average molecular weight is 542 g/mol. The van der Waals surface area contributed by atoms with Gasteiger partial charge in [0.25, 0.3) is 5.91 Å². The van der Waals surface area contributed by atoms with Gasteiger partial charge in [0.15, 0.2) is 5.75 Å². The number of unbranched alkanes of at least 4 members (excludes halogenated alkanes) is 4. The number of amides is 1. The van der Waals surface area contributed by atoms with Crippen LogP contribution in [0.3, 0.4) is 0 Å². The van der Waals surface area contributed by atoms with Crippen LogP contribution in [0.5, 0.6) is 5.75 Å². The number of sulfonamides is 1. The van der Waals surface area contributed by atoms with Crippen molar-refractivity contribution in [2.24, 2.45) is 0 Å². The third kappa shape index (κ3) is 7.84. The Balaban J connectivity index is 1.61. The van der Waals surface area contributed by atoms with Gasteiger partial charge >= 0.3 is 0 Å². The summed E-state index contributed by atoms with van der Waals surface area (Å²) in [6.45, 7) is 3.77. The maximum atomic E-state index is 12.9. The van der Waals surface area contributed by atoms with E-state index in [1.807, 2.05) is 0 Å². The molecule has 2 aromatic rings. The van der Waals surface area contributed by atoms with Crippen molar-refractivity contribution in [3.05, 3.63) is 52.0 Å². The first kappa shape index (κ1) is 27.8. The highest BCUT2D eigenvalue weighted by Gasteiger charge is 2.25. The maximum absolute atomic E-state index is 12.9. The van der Waals surface area contributed by atoms with Crippen molar-refractivity contribution < 1.29 is 17.9 Å². The van der Waals surface area contributed by atoms with E-state index in [0.717, 1.165) is 38.5 Å². The molecule has 192 valence electrons. The Hall–Kier alpha value is -1.80. The predicted molar refractivity (Wildman–Crippen MR) is 142 cm³/mol. The number of benzene rings is 2. The summed E-state index contributed by atoms with van der Waals surface area (Å²) in [5.41, 5.74) is 0.765. The van der Waals surface area contributed by atoms with Crippen LogP contribution in [-0.4, -0.2) is 38.3 Å². The monoisotopic (exact) mass is 540 g/mol. The molecule has 0 aromatic heterocycles. The summed E-state index contributed by atoms with van der Waals surface area (Å²) in [5.74, 6) is -0.0218. The lowest BCUT2D eigenvalue weighted by atomic mass is 10.1. The molecule has 0 unspecified atom stereocenters. The fraction of sp³-hybridized carbons (Fsp3) is 0.500. The topological polar surface area (TPSA) is 75.7 Å². The molecule has 1 aliphatic rings. The minimum atomic E-state index is -3.54. The molecule has 1 fully saturated rings. The zero-order chi connectivity index (χ0) is 25.3. The minimum absolute atomic E-state index is 0.222. The van der Waals surface area contributed by atoms with Crippen LogP contribution in [0.1, 0.15) is 75.1 Å². The molecule has 1 heterocycles. The average Bonchev–Trinajstić information content (AvgIpc) is 3.13. The zero-order valence-corrected chi connectivity index (χ0v) is 22.5. The number of carbonyl (C=O) groups is 1. The van der Waals surface area contributed by atoms with E-state index in [4.69, 9.17) is 27.9 Å². The van der Waals surface area contributed by atoms with Crippen LogP contribution < -0.4 is 10.1 Å². The smallest absolute Gasteiger partial charge is 0.255 e. The second kappa shape index (κ2) is 13.5. The molecule has 0 bridgehead atoms. The molecule has 35 heavy (non-hydrogen) atoms. The van der Waals surface area contributed by atoms with Crippen molar-refractivity contribution in [3.63, 3.8) is 0 Å². The molecule has 0 radical (unpaired) electrons. The molecule has 1 saturated heterocycles. The molecular weight excluding hydrogens is 507 g/mol. The molecule has 3 rings (SSSR count). The highest BCUT2D eigenvalue weighted by molar-refractivity contribution is 7.89. The number of rotatable bonds is 11. The number of nitrogens with one attached hydrogen (secondary N) is 1. The lowest BCUT2D eigenvalue weighted by Gasteiger charge is -2.20. The summed E-state index contributed by atoms with van der Waals surface area (Å²) in [5, 5.41) is 3.31. The Morgan fingerprint density at radius 1 is 0.943 bits per heavy atom. The molecule has 1 N–H and O–H groups in total. The summed E-state index contributed by atoms with van der Waals surface area (Å²) >= 11 is 12.7. The van der Waals surface area contributed by atoms with Gasteiger partial charge in [0.05, 0.1) is 21.5 Å². The first-order valence-electron chi connectivity index (χ1n) is 12.4. The number of hydrogen-bond acceptors (Lipinski definition) is 4. The summed E-state index contributed by atoms with van der Waals surface area (Å²) in [6, 6.07) is 9.25. The first-order chi connectivity index (χ1) is 16.8. The van der Waals surface area contributed by atoms with Crippen LogP contribution in [0, 0.1) is 0 Å². The first-order valence-corrected chi connectivity index (χ1v) is 14.6. The standard InChI is InChI=1S/C26H34Cl2N2O4S/c1-2-3-4-7-10-17-34-25-23(27)18-20(19-24(25)28)26(31)29-21-11-13-22(14-12-21)35(32,33)30-15-8-5-6-9-16-30/h11-14,18-19H,2-10,15-17H2,1H3,(H,29,31). The zero-order valence-electron chi connectivity index (χ0n) is 20.2. The Bertz CT molecular complexity index is 1060. The van der Waals surface area contributed by atoms with E-state index in [-0.39, 0.29) is 20.5 Å². The van der Waals surface area contributed by atoms with Gasteiger partial charge in [-0.05, 0) is 55.7 Å². The van der Waals surface area contributed by atoms with Crippen molar-refractivity contribution >= 4 is 44.8 Å². The highest BCUT2D eigenvalue weighted by atomic mass is 35.5. The van der Waals surface area contributed by atoms with Crippen molar-refractivity contribution in [2.45, 2.75) is 69.6 Å². The molecular formula is C26H34Cl2N2O4S. The van der Waals surface area contributed by atoms with Crippen molar-refractivity contribution in [1.82, 2.24) is 4.31 Å². The van der Waals surface area contributed by atoms with Gasteiger partial charge in [-0.3, -0.25) is 4.79 Å². The van der Waals surface area contributed by atoms with E-state index in [1.165, 1.54) is 43.5 Å². The molecule has 1 amide bonds. The normalized spacial score (nSPS) is 14.9. The number of ether oxygens (including phenoxy) is 1. The predicted octanol–water partition coefficient (Wildman–Crippen LogP) is 7.16. The van der Waals surface area contributed by atoms with Crippen LogP contribution in [0.2, 0.25) is 10.0 Å². The highest BCUT2D eigenvalue weighted by Crippen LogP contribution is 2.34. The second-order valence-electron chi connectivity index (χ2n) is 8.83. The molecule has 1 aliphatic heterocycles. The number of anilines is 1. The minimum Gasteiger partial charge on any atom is -0.490 e. The van der Waals surface area contributed by atoms with Gasteiger partial charge in [0.2, 0.25) is 10.0 Å². The fourth-order valence-corrected chi connectivity index (χ4v) is 6.17. The van der Waals surface area contributed by atoms with E-state index < -0.39 is 15.9 Å². The van der Waals surface area contributed by atoms with Gasteiger partial charge in [-0.25, -0.2) is 8.42 Å². The van der Waals surface area contributed by atoms with Gasteiger partial charge in [-0.2, -0.15) is 4.31 Å². The summed E-state index contributed by atoms with van der Waals surface area (Å²) in [4.78, 5) is 13.0. The summed E-state index contributed by atoms with van der Waals surface area (Å²) in [7, 11) is -3.54. The van der Waals surface area contributed by atoms with Gasteiger partial charge in [0.1, 0.15) is 0 Å². The van der Waals surface area contributed by atoms with E-state index in [2.05, 4.69) is 12.2 Å². The SMILES string of the molecule is CCCCCCCOc1c(Cl)cc(C(=O)Nc2ccc(S(=O)(=O)N3CCCCCC3)cc2)cc1Cl. The van der Waals surface area contributed by atoms with Crippen LogP contribution in [-0.2, 0) is 10.0 Å². The number of halogens is 2. The van der Waals surface area contributed by atoms with Gasteiger partial charge in [-0.15, -0.1) is 0 Å². The van der Waals surface area contributed by atoms with Crippen LogP contribution >= 0.6 is 23.2 Å². The van der Waals surface area contributed by atoms with Crippen LogP contribution in [0.25, 0.3) is 0 Å². The maximum Gasteiger partial charge on any atom is 0.255 e. The van der Waals surface area contributed by atoms with E-state index >= 15 is 0 Å². The summed E-state index contributed by atoms with van der Waals surface area (Å²) < 4.78 is 33.2. The lowest BCUT2D eigenvalue weighted by molar-refractivity contribution is 0.102. The molecule has 0 saturated carbocycles. The largest absolute Gasteiger partial charge is 0.490 e. The Kier molecular flexibility index (Phi) is 10.7. The van der Waals surface area contributed by atoms with E-state index in [9.17, 15) is 13.2 Å². The van der Waals surface area contributed by atoms with Crippen LogP contribution in [0.15, 0.2) is 41.3 Å². The molecule has 0 aliphatic carbocycles. The van der Waals surface area contributed by atoms with E-state index in [0.29, 0.717) is 31.1 Å². The van der Waals surface area contributed by atoms with Gasteiger partial charge in [-0.1, -0.05) is 68.7 Å². The Morgan fingerprint density at radius 3 is 2.14 bits per heavy atom. The molecule has 6 nitrogen and oxygen atoms in total. The molecule has 2 aromatic carbocycles. The van der Waals surface area contributed by atoms with Gasteiger partial charge in [0, 0.05) is 24.3 Å². The van der Waals surface area contributed by atoms with E-state index in [1.54, 1.807) is 16.4 Å². The lowest BCUT2D eigenvalue weighted by Crippen LogP contribution is -2.31. The molecule has 9 heteroatoms. The third-order valence-corrected chi connectivity index (χ3v) is 8.54. The number of nitrogens with zero attached hydrogens (tertiary/aromatic N) is 1. The van der Waals surface area contributed by atoms with Crippen molar-refractivity contribution in [3.8, 4) is 5.75 Å². The quantitative estimate of drug-likeness (QED) is 0.306. The van der Waals surface area contributed by atoms with Gasteiger partial charge < -0.3 is 10.1 Å². The van der Waals surface area contributed by atoms with Crippen molar-refractivity contribution in [2.75, 3.05) is 25.0 Å². The third-order valence-electron chi connectivity index (χ3n) is 6.07. The van der Waals surface area contributed by atoms with Crippen LogP contribution in [0.4, 0.5) is 5.69 Å². The molecule has 0 spiro atoms. The number of hydrogen-bond donors (Lipinski definition) is 1.